The Morgan fingerprint density at radius 3 is 2.67 bits per heavy atom. The van der Waals surface area contributed by atoms with Crippen molar-refractivity contribution < 1.29 is 9.53 Å². The third kappa shape index (κ3) is 5.72. The summed E-state index contributed by atoms with van der Waals surface area (Å²) in [5, 5.41) is 3.08. The molecule has 0 aliphatic rings. The number of carbonyl (C=O) groups is 1. The number of esters is 1. The molecule has 0 aliphatic carbocycles. The lowest BCUT2D eigenvalue weighted by molar-refractivity contribution is 0.0600. The number of aliphatic imine (C=N–C) groups is 1. The van der Waals surface area contributed by atoms with Gasteiger partial charge >= 0.3 is 5.97 Å². The van der Waals surface area contributed by atoms with Gasteiger partial charge in [-0.05, 0) is 36.2 Å². The molecule has 2 rings (SSSR count). The van der Waals surface area contributed by atoms with Crippen LogP contribution in [0.4, 0.5) is 0 Å². The normalized spacial score (nSPS) is 11.1. The first-order chi connectivity index (χ1) is 11.7. The van der Waals surface area contributed by atoms with Gasteiger partial charge < -0.3 is 15.8 Å². The number of nitrogens with one attached hydrogen (secondary N) is 1. The Labute approximate surface area is 141 Å². The lowest BCUT2D eigenvalue weighted by Gasteiger charge is -2.06. The van der Waals surface area contributed by atoms with Crippen molar-refractivity contribution in [3.8, 4) is 0 Å². The summed E-state index contributed by atoms with van der Waals surface area (Å²) in [4.78, 5) is 19.9. The van der Waals surface area contributed by atoms with E-state index in [0.717, 1.165) is 24.1 Å². The molecule has 2 aromatic rings. The highest BCUT2D eigenvalue weighted by Crippen LogP contribution is 2.06. The largest absolute Gasteiger partial charge is 0.465 e. The van der Waals surface area contributed by atoms with E-state index in [0.29, 0.717) is 24.6 Å². The maximum atomic E-state index is 11.4. The summed E-state index contributed by atoms with van der Waals surface area (Å²) >= 11 is 0. The first-order valence-electron chi connectivity index (χ1n) is 7.80. The van der Waals surface area contributed by atoms with E-state index in [4.69, 9.17) is 5.73 Å². The molecule has 0 aliphatic heterocycles. The van der Waals surface area contributed by atoms with Gasteiger partial charge in [0, 0.05) is 31.4 Å². The van der Waals surface area contributed by atoms with Crippen LogP contribution in [-0.2, 0) is 17.6 Å². The molecule has 6 heteroatoms. The second-order valence-corrected chi connectivity index (χ2v) is 5.20. The fourth-order valence-electron chi connectivity index (χ4n) is 2.15. The number of nitrogens with two attached hydrogens (primary N) is 1. The zero-order valence-corrected chi connectivity index (χ0v) is 13.7. The van der Waals surface area contributed by atoms with Crippen molar-refractivity contribution in [1.82, 2.24) is 10.3 Å². The minimum atomic E-state index is -0.330. The molecular formula is C18H22N4O2. The number of ether oxygens (including phenoxy) is 1. The first-order valence-corrected chi connectivity index (χ1v) is 7.80. The topological polar surface area (TPSA) is 89.6 Å². The van der Waals surface area contributed by atoms with Crippen LogP contribution in [0.2, 0.25) is 0 Å². The van der Waals surface area contributed by atoms with Gasteiger partial charge in [0.1, 0.15) is 0 Å². The number of pyridine rings is 1. The number of hydrogen-bond donors (Lipinski definition) is 2. The Kier molecular flexibility index (Phi) is 6.76. The van der Waals surface area contributed by atoms with Gasteiger partial charge in [0.15, 0.2) is 5.96 Å². The van der Waals surface area contributed by atoms with Gasteiger partial charge in [-0.15, -0.1) is 0 Å². The van der Waals surface area contributed by atoms with E-state index in [1.54, 1.807) is 18.3 Å². The number of guanidine groups is 1. The van der Waals surface area contributed by atoms with Gasteiger partial charge in [0.25, 0.3) is 0 Å². The van der Waals surface area contributed by atoms with Crippen molar-refractivity contribution in [3.63, 3.8) is 0 Å². The molecule has 1 aromatic carbocycles. The fraction of sp³-hybridized carbons (Fsp3) is 0.278. The third-order valence-electron chi connectivity index (χ3n) is 3.47. The van der Waals surface area contributed by atoms with E-state index in [1.807, 2.05) is 30.3 Å². The van der Waals surface area contributed by atoms with Crippen LogP contribution in [0.1, 0.15) is 21.6 Å². The van der Waals surface area contributed by atoms with E-state index in [-0.39, 0.29) is 5.97 Å². The minimum absolute atomic E-state index is 0.330. The lowest BCUT2D eigenvalue weighted by Crippen LogP contribution is -2.33. The molecule has 0 fully saturated rings. The second-order valence-electron chi connectivity index (χ2n) is 5.20. The zero-order valence-electron chi connectivity index (χ0n) is 13.7. The fourth-order valence-corrected chi connectivity index (χ4v) is 2.15. The van der Waals surface area contributed by atoms with Crippen molar-refractivity contribution in [3.05, 3.63) is 65.5 Å². The Bertz CT molecular complexity index is 669. The molecule has 0 saturated heterocycles. The average Bonchev–Trinajstić information content (AvgIpc) is 2.62. The predicted octanol–water partition coefficient (Wildman–Crippen LogP) is 1.56. The predicted molar refractivity (Wildman–Crippen MR) is 93.9 cm³/mol. The van der Waals surface area contributed by atoms with Crippen molar-refractivity contribution in [2.24, 2.45) is 10.7 Å². The molecule has 1 heterocycles. The number of nitrogens with zero attached hydrogens (tertiary/aromatic N) is 2. The van der Waals surface area contributed by atoms with E-state index in [9.17, 15) is 4.79 Å². The minimum Gasteiger partial charge on any atom is -0.465 e. The SMILES string of the molecule is COC(=O)c1ccc(CCNC(N)=NCCc2ccccn2)cc1. The van der Waals surface area contributed by atoms with Crippen LogP contribution in [0.15, 0.2) is 53.7 Å². The average molecular weight is 326 g/mol. The first kappa shape index (κ1) is 17.5. The number of rotatable bonds is 7. The van der Waals surface area contributed by atoms with E-state index < -0.39 is 0 Å². The molecule has 0 unspecified atom stereocenters. The van der Waals surface area contributed by atoms with Gasteiger partial charge in [0.2, 0.25) is 0 Å². The molecule has 1 aromatic heterocycles. The summed E-state index contributed by atoms with van der Waals surface area (Å²) in [6, 6.07) is 13.1. The summed E-state index contributed by atoms with van der Waals surface area (Å²) in [5.41, 5.74) is 8.49. The second kappa shape index (κ2) is 9.29. The number of hydrogen-bond acceptors (Lipinski definition) is 4. The molecule has 3 N–H and O–H groups in total. The molecule has 126 valence electrons. The summed E-state index contributed by atoms with van der Waals surface area (Å²) in [6.07, 6.45) is 3.32. The van der Waals surface area contributed by atoms with Gasteiger partial charge in [0.05, 0.1) is 12.7 Å². The summed E-state index contributed by atoms with van der Waals surface area (Å²) in [7, 11) is 1.37. The smallest absolute Gasteiger partial charge is 0.337 e. The molecule has 0 radical (unpaired) electrons. The Morgan fingerprint density at radius 2 is 2.00 bits per heavy atom. The van der Waals surface area contributed by atoms with Crippen LogP contribution >= 0.6 is 0 Å². The highest BCUT2D eigenvalue weighted by molar-refractivity contribution is 5.89. The van der Waals surface area contributed by atoms with E-state index in [2.05, 4.69) is 20.0 Å². The van der Waals surface area contributed by atoms with Crippen molar-refractivity contribution in [1.29, 1.82) is 0 Å². The van der Waals surface area contributed by atoms with Crippen LogP contribution in [0.25, 0.3) is 0 Å². The van der Waals surface area contributed by atoms with Crippen molar-refractivity contribution in [2.45, 2.75) is 12.8 Å². The third-order valence-corrected chi connectivity index (χ3v) is 3.47. The maximum absolute atomic E-state index is 11.4. The number of carbonyl (C=O) groups excluding carboxylic acids is 1. The molecular weight excluding hydrogens is 304 g/mol. The Balaban J connectivity index is 1.71. The quantitative estimate of drug-likeness (QED) is 0.458. The molecule has 0 bridgehead atoms. The highest BCUT2D eigenvalue weighted by atomic mass is 16.5. The van der Waals surface area contributed by atoms with Crippen molar-refractivity contribution >= 4 is 11.9 Å². The van der Waals surface area contributed by atoms with Gasteiger partial charge in [-0.1, -0.05) is 18.2 Å². The van der Waals surface area contributed by atoms with Crippen LogP contribution in [0, 0.1) is 0 Å². The van der Waals surface area contributed by atoms with Crippen LogP contribution in [-0.4, -0.2) is 37.1 Å². The van der Waals surface area contributed by atoms with E-state index in [1.165, 1.54) is 7.11 Å². The Morgan fingerprint density at radius 1 is 1.21 bits per heavy atom. The molecule has 0 amide bonds. The molecule has 24 heavy (non-hydrogen) atoms. The van der Waals surface area contributed by atoms with E-state index >= 15 is 0 Å². The lowest BCUT2D eigenvalue weighted by atomic mass is 10.1. The molecule has 0 saturated carbocycles. The van der Waals surface area contributed by atoms with Crippen LogP contribution in [0.5, 0.6) is 0 Å². The Hall–Kier alpha value is -2.89. The number of aromatic nitrogens is 1. The van der Waals surface area contributed by atoms with Gasteiger partial charge in [-0.2, -0.15) is 0 Å². The number of benzene rings is 1. The molecule has 0 spiro atoms. The van der Waals surface area contributed by atoms with Gasteiger partial charge in [-0.25, -0.2) is 4.79 Å². The van der Waals surface area contributed by atoms with Crippen LogP contribution < -0.4 is 11.1 Å². The standard InChI is InChI=1S/C18H22N4O2/c1-24-17(23)15-7-5-14(6-8-15)9-12-21-18(19)22-13-10-16-4-2-3-11-20-16/h2-8,11H,9-10,12-13H2,1H3,(H3,19,21,22). The molecule has 0 atom stereocenters. The number of methoxy groups -OCH3 is 1. The van der Waals surface area contributed by atoms with Crippen LogP contribution in [0.3, 0.4) is 0 Å². The highest BCUT2D eigenvalue weighted by Gasteiger charge is 2.04. The molecule has 6 nitrogen and oxygen atoms in total. The maximum Gasteiger partial charge on any atom is 0.337 e. The van der Waals surface area contributed by atoms with Gasteiger partial charge in [-0.3, -0.25) is 9.98 Å². The summed E-state index contributed by atoms with van der Waals surface area (Å²) < 4.78 is 4.67. The zero-order chi connectivity index (χ0) is 17.2. The van der Waals surface area contributed by atoms with Crippen molar-refractivity contribution in [2.75, 3.05) is 20.2 Å². The summed E-state index contributed by atoms with van der Waals surface area (Å²) in [6.45, 7) is 1.28. The monoisotopic (exact) mass is 326 g/mol. The summed E-state index contributed by atoms with van der Waals surface area (Å²) in [5.74, 6) is 0.0982.